The maximum atomic E-state index is 12.7. The molecular weight excluding hydrogens is 500 g/mol. The molecule has 0 bridgehead atoms. The number of nitro benzene ring substituents is 1. The molecule has 39 heavy (non-hydrogen) atoms. The topological polar surface area (TPSA) is 147 Å². The van der Waals surface area contributed by atoms with Crippen molar-refractivity contribution >= 4 is 23.2 Å². The van der Waals surface area contributed by atoms with Crippen LogP contribution in [-0.2, 0) is 6.42 Å². The van der Waals surface area contributed by atoms with Crippen LogP contribution in [0, 0.1) is 10.1 Å². The van der Waals surface area contributed by atoms with Crippen LogP contribution in [-0.4, -0.2) is 21.8 Å². The third-order valence-corrected chi connectivity index (χ3v) is 6.19. The molecule has 1 unspecified atom stereocenters. The number of nitrogens with zero attached hydrogens (tertiary/aromatic N) is 1. The van der Waals surface area contributed by atoms with Gasteiger partial charge >= 0.3 is 11.6 Å². The highest BCUT2D eigenvalue weighted by atomic mass is 16.6. The molecule has 2 amide bonds. The SMILES string of the molecule is CCCc1ccc(NC(C)c2ccc(-c3ccoc3C(=O)NNC(=O)c3ccc(O)c([N+](=O)[O-])c3)cc2)cc1. The third-order valence-electron chi connectivity index (χ3n) is 6.19. The van der Waals surface area contributed by atoms with Gasteiger partial charge in [-0.15, -0.1) is 0 Å². The van der Waals surface area contributed by atoms with Gasteiger partial charge < -0.3 is 14.8 Å². The minimum Gasteiger partial charge on any atom is -0.502 e. The van der Waals surface area contributed by atoms with Gasteiger partial charge in [-0.25, -0.2) is 0 Å². The van der Waals surface area contributed by atoms with E-state index in [0.717, 1.165) is 41.8 Å². The zero-order valence-electron chi connectivity index (χ0n) is 21.4. The lowest BCUT2D eigenvalue weighted by molar-refractivity contribution is -0.385. The van der Waals surface area contributed by atoms with Gasteiger partial charge in [0.15, 0.2) is 5.75 Å². The summed E-state index contributed by atoms with van der Waals surface area (Å²) in [6.07, 6.45) is 3.54. The second kappa shape index (κ2) is 12.0. The summed E-state index contributed by atoms with van der Waals surface area (Å²) in [6.45, 7) is 4.22. The molecule has 0 aliphatic rings. The molecule has 0 saturated carbocycles. The van der Waals surface area contributed by atoms with Crippen LogP contribution in [0.4, 0.5) is 11.4 Å². The van der Waals surface area contributed by atoms with E-state index in [1.165, 1.54) is 17.9 Å². The maximum Gasteiger partial charge on any atom is 0.311 e. The van der Waals surface area contributed by atoms with Crippen molar-refractivity contribution in [3.8, 4) is 16.9 Å². The van der Waals surface area contributed by atoms with Gasteiger partial charge in [-0.05, 0) is 60.4 Å². The summed E-state index contributed by atoms with van der Waals surface area (Å²) in [6, 6.07) is 20.9. The van der Waals surface area contributed by atoms with E-state index in [1.807, 2.05) is 24.3 Å². The van der Waals surface area contributed by atoms with Crippen molar-refractivity contribution < 1.29 is 24.0 Å². The molecule has 10 nitrogen and oxygen atoms in total. The fourth-order valence-electron chi connectivity index (χ4n) is 4.11. The summed E-state index contributed by atoms with van der Waals surface area (Å²) in [5.41, 5.74) is 8.38. The van der Waals surface area contributed by atoms with E-state index >= 15 is 0 Å². The molecular formula is C29H28N4O6. The Morgan fingerprint density at radius 2 is 1.67 bits per heavy atom. The van der Waals surface area contributed by atoms with Crippen molar-refractivity contribution in [1.29, 1.82) is 0 Å². The summed E-state index contributed by atoms with van der Waals surface area (Å²) in [5.74, 6) is -2.09. The molecule has 1 heterocycles. The normalized spacial score (nSPS) is 11.4. The molecule has 0 aliphatic heterocycles. The number of nitrogens with one attached hydrogen (secondary N) is 3. The maximum absolute atomic E-state index is 12.7. The Labute approximate surface area is 224 Å². The Kier molecular flexibility index (Phi) is 8.25. The number of rotatable bonds is 9. The summed E-state index contributed by atoms with van der Waals surface area (Å²) >= 11 is 0. The highest BCUT2D eigenvalue weighted by molar-refractivity contribution is 6.01. The Hall–Kier alpha value is -5.12. The molecule has 4 rings (SSSR count). The molecule has 200 valence electrons. The quantitative estimate of drug-likeness (QED) is 0.159. The number of aromatic hydroxyl groups is 1. The Morgan fingerprint density at radius 1 is 0.974 bits per heavy atom. The van der Waals surface area contributed by atoms with Gasteiger partial charge in [0.1, 0.15) is 0 Å². The van der Waals surface area contributed by atoms with E-state index < -0.39 is 28.2 Å². The average Bonchev–Trinajstić information content (AvgIpc) is 3.43. The average molecular weight is 529 g/mol. The summed E-state index contributed by atoms with van der Waals surface area (Å²) in [4.78, 5) is 35.3. The largest absolute Gasteiger partial charge is 0.502 e. The second-order valence-corrected chi connectivity index (χ2v) is 8.97. The minimum atomic E-state index is -0.813. The molecule has 4 N–H and O–H groups in total. The fourth-order valence-corrected chi connectivity index (χ4v) is 4.11. The Bertz CT molecular complexity index is 1480. The van der Waals surface area contributed by atoms with Crippen molar-refractivity contribution in [3.63, 3.8) is 0 Å². The lowest BCUT2D eigenvalue weighted by Gasteiger charge is -2.16. The molecule has 0 radical (unpaired) electrons. The van der Waals surface area contributed by atoms with Crippen LogP contribution in [0.3, 0.4) is 0 Å². The molecule has 1 aromatic heterocycles. The Balaban J connectivity index is 1.39. The van der Waals surface area contributed by atoms with Crippen molar-refractivity contribution in [2.75, 3.05) is 5.32 Å². The number of hydrogen-bond acceptors (Lipinski definition) is 7. The number of nitro groups is 1. The number of hydrazine groups is 1. The van der Waals surface area contributed by atoms with Gasteiger partial charge in [0.25, 0.3) is 5.91 Å². The first kappa shape index (κ1) is 26.9. The van der Waals surface area contributed by atoms with E-state index in [2.05, 4.69) is 54.3 Å². The monoisotopic (exact) mass is 528 g/mol. The highest BCUT2D eigenvalue weighted by Crippen LogP contribution is 2.28. The standard InChI is InChI=1S/C29H28N4O6/c1-3-4-19-5-12-23(13-6-19)30-18(2)20-7-9-21(10-8-20)24-15-16-39-27(24)29(36)32-31-28(35)22-11-14-26(34)25(17-22)33(37)38/h5-18,30,34H,3-4H2,1-2H3,(H,31,35)(H,32,36). The van der Waals surface area contributed by atoms with Crippen molar-refractivity contribution in [1.82, 2.24) is 10.9 Å². The number of anilines is 1. The lowest BCUT2D eigenvalue weighted by Crippen LogP contribution is -2.41. The van der Waals surface area contributed by atoms with Crippen molar-refractivity contribution in [3.05, 3.63) is 112 Å². The number of hydrogen-bond donors (Lipinski definition) is 4. The van der Waals surface area contributed by atoms with E-state index in [4.69, 9.17) is 4.42 Å². The second-order valence-electron chi connectivity index (χ2n) is 8.97. The first-order valence-electron chi connectivity index (χ1n) is 12.4. The number of phenols is 1. The molecule has 3 aromatic carbocycles. The zero-order valence-corrected chi connectivity index (χ0v) is 21.4. The molecule has 4 aromatic rings. The van der Waals surface area contributed by atoms with Crippen LogP contribution >= 0.6 is 0 Å². The lowest BCUT2D eigenvalue weighted by atomic mass is 10.0. The number of amides is 2. The predicted molar refractivity (Wildman–Crippen MR) is 146 cm³/mol. The number of benzene rings is 3. The number of carbonyl (C=O) groups is 2. The first-order valence-corrected chi connectivity index (χ1v) is 12.4. The van der Waals surface area contributed by atoms with Crippen LogP contribution in [0.25, 0.3) is 11.1 Å². The first-order chi connectivity index (χ1) is 18.8. The minimum absolute atomic E-state index is 0.0157. The third kappa shape index (κ3) is 6.42. The zero-order chi connectivity index (χ0) is 27.9. The highest BCUT2D eigenvalue weighted by Gasteiger charge is 2.20. The van der Waals surface area contributed by atoms with Gasteiger partial charge in [-0.1, -0.05) is 49.7 Å². The Morgan fingerprint density at radius 3 is 2.33 bits per heavy atom. The molecule has 0 spiro atoms. The van der Waals surface area contributed by atoms with Crippen LogP contribution in [0.2, 0.25) is 0 Å². The van der Waals surface area contributed by atoms with Crippen LogP contribution in [0.5, 0.6) is 5.75 Å². The van der Waals surface area contributed by atoms with Crippen LogP contribution in [0.15, 0.2) is 83.5 Å². The predicted octanol–water partition coefficient (Wildman–Crippen LogP) is 5.76. The van der Waals surface area contributed by atoms with E-state index in [1.54, 1.807) is 6.07 Å². The van der Waals surface area contributed by atoms with E-state index in [9.17, 15) is 24.8 Å². The van der Waals surface area contributed by atoms with Gasteiger partial charge in [0, 0.05) is 28.9 Å². The smallest absolute Gasteiger partial charge is 0.311 e. The van der Waals surface area contributed by atoms with Crippen molar-refractivity contribution in [2.24, 2.45) is 0 Å². The van der Waals surface area contributed by atoms with Crippen LogP contribution < -0.4 is 16.2 Å². The fraction of sp³-hybridized carbons (Fsp3) is 0.172. The number of phenolic OH excluding ortho intramolecular Hbond substituents is 1. The summed E-state index contributed by atoms with van der Waals surface area (Å²) in [5, 5.41) is 24.0. The molecule has 10 heteroatoms. The van der Waals surface area contributed by atoms with Crippen LogP contribution in [0.1, 0.15) is 58.3 Å². The number of furan rings is 1. The van der Waals surface area contributed by atoms with Crippen molar-refractivity contribution in [2.45, 2.75) is 32.7 Å². The van der Waals surface area contributed by atoms with Gasteiger partial charge in [-0.2, -0.15) is 0 Å². The molecule has 1 atom stereocenters. The number of aryl methyl sites for hydroxylation is 1. The van der Waals surface area contributed by atoms with Gasteiger partial charge in [0.05, 0.1) is 11.2 Å². The van der Waals surface area contributed by atoms with E-state index in [0.29, 0.717) is 5.56 Å². The molecule has 0 aliphatic carbocycles. The summed E-state index contributed by atoms with van der Waals surface area (Å²) < 4.78 is 5.37. The van der Waals surface area contributed by atoms with E-state index in [-0.39, 0.29) is 17.4 Å². The molecule has 0 fully saturated rings. The van der Waals surface area contributed by atoms with Gasteiger partial charge in [0.2, 0.25) is 5.76 Å². The molecule has 0 saturated heterocycles. The number of carbonyl (C=O) groups excluding carboxylic acids is 2. The van der Waals surface area contributed by atoms with Gasteiger partial charge in [-0.3, -0.25) is 30.6 Å². The summed E-state index contributed by atoms with van der Waals surface area (Å²) in [7, 11) is 0.